The Morgan fingerprint density at radius 1 is 1.07 bits per heavy atom. The molecule has 0 spiro atoms. The first-order valence-corrected chi connectivity index (χ1v) is 8.07. The number of amides is 1. The molecule has 1 aromatic carbocycles. The van der Waals surface area contributed by atoms with Gasteiger partial charge in [0.05, 0.1) is 44.6 Å². The van der Waals surface area contributed by atoms with Gasteiger partial charge in [-0.15, -0.1) is 0 Å². The maximum Gasteiger partial charge on any atom is 0.412 e. The Balaban J connectivity index is 1.95. The number of rotatable bonds is 14. The number of nitro benzene ring substituents is 1. The van der Waals surface area contributed by atoms with E-state index in [2.05, 4.69) is 15.3 Å². The molecule has 0 aromatic heterocycles. The summed E-state index contributed by atoms with van der Waals surface area (Å²) in [6, 6.07) is 5.17. The van der Waals surface area contributed by atoms with Crippen molar-refractivity contribution in [3.8, 4) is 5.75 Å². The summed E-state index contributed by atoms with van der Waals surface area (Å²) in [6.45, 7) is 2.71. The van der Waals surface area contributed by atoms with Crippen LogP contribution in [0.4, 0.5) is 10.5 Å². The maximum atomic E-state index is 11.5. The first kappa shape index (κ1) is 22.1. The summed E-state index contributed by atoms with van der Waals surface area (Å²) < 4.78 is 20.6. The fourth-order valence-corrected chi connectivity index (χ4v) is 1.70. The molecule has 0 radical (unpaired) electrons. The van der Waals surface area contributed by atoms with Crippen LogP contribution < -0.4 is 10.1 Å². The number of nitro groups is 1. The molecule has 27 heavy (non-hydrogen) atoms. The molecule has 0 aliphatic heterocycles. The highest BCUT2D eigenvalue weighted by Crippen LogP contribution is 2.17. The minimum absolute atomic E-state index is 0.0851. The largest absolute Gasteiger partial charge is 0.412 e. The van der Waals surface area contributed by atoms with Gasteiger partial charge in [0.25, 0.3) is 5.69 Å². The normalized spacial score (nSPS) is 10.1. The predicted molar refractivity (Wildman–Crippen MR) is 93.6 cm³/mol. The van der Waals surface area contributed by atoms with E-state index < -0.39 is 11.0 Å². The molecule has 0 saturated heterocycles. The molecule has 0 aliphatic rings. The molecule has 0 aliphatic carbocycles. The van der Waals surface area contributed by atoms with Crippen molar-refractivity contribution in [1.29, 1.82) is 0 Å². The Hall–Kier alpha value is -2.92. The Kier molecular flexibility index (Phi) is 11.7. The zero-order valence-electron chi connectivity index (χ0n) is 14.6. The van der Waals surface area contributed by atoms with Gasteiger partial charge < -0.3 is 24.3 Å². The molecule has 1 N–H and O–H groups in total. The van der Waals surface area contributed by atoms with Crippen molar-refractivity contribution in [2.75, 3.05) is 52.7 Å². The number of hydrogen-bond donors (Lipinski definition) is 1. The highest BCUT2D eigenvalue weighted by atomic mass is 16.6. The second-order valence-corrected chi connectivity index (χ2v) is 4.86. The molecule has 0 unspecified atom stereocenters. The monoisotopic (exact) mass is 383 g/mol. The van der Waals surface area contributed by atoms with E-state index >= 15 is 0 Å². The third kappa shape index (κ3) is 11.3. The van der Waals surface area contributed by atoms with Crippen LogP contribution in [0.15, 0.2) is 29.4 Å². The molecule has 0 fully saturated rings. The number of carbonyl (C=O) groups excluding carboxylic acids is 1. The number of ether oxygens (including phenoxy) is 4. The van der Waals surface area contributed by atoms with Crippen LogP contribution in [0.3, 0.4) is 0 Å². The van der Waals surface area contributed by atoms with Crippen LogP contribution in [0, 0.1) is 10.1 Å². The van der Waals surface area contributed by atoms with Gasteiger partial charge in [-0.2, -0.15) is 0 Å². The number of hydrogen-bond acceptors (Lipinski definition) is 8. The summed E-state index contributed by atoms with van der Waals surface area (Å²) in [6.07, 6.45) is -0.679. The van der Waals surface area contributed by atoms with Crippen molar-refractivity contribution < 1.29 is 28.7 Å². The molecule has 0 atom stereocenters. The van der Waals surface area contributed by atoms with Crippen molar-refractivity contribution in [2.45, 2.75) is 0 Å². The van der Waals surface area contributed by atoms with E-state index in [0.29, 0.717) is 39.6 Å². The van der Waals surface area contributed by atoms with Crippen molar-refractivity contribution >= 4 is 11.8 Å². The van der Waals surface area contributed by atoms with E-state index in [4.69, 9.17) is 24.5 Å². The quantitative estimate of drug-likeness (QED) is 0.128. The lowest BCUT2D eigenvalue weighted by Gasteiger charge is -2.08. The van der Waals surface area contributed by atoms with Crippen LogP contribution in [-0.4, -0.2) is 63.7 Å². The molecule has 0 saturated carbocycles. The lowest BCUT2D eigenvalue weighted by atomic mass is 10.3. The molecule has 12 nitrogen and oxygen atoms in total. The molecule has 1 rings (SSSR count). The number of benzene rings is 1. The van der Waals surface area contributed by atoms with Gasteiger partial charge in [0.2, 0.25) is 0 Å². The molecule has 0 heterocycles. The van der Waals surface area contributed by atoms with Crippen molar-refractivity contribution in [3.63, 3.8) is 0 Å². The Labute approximate surface area is 155 Å². The highest BCUT2D eigenvalue weighted by Gasteiger charge is 2.07. The second kappa shape index (κ2) is 14.3. The first-order chi connectivity index (χ1) is 13.1. The zero-order valence-corrected chi connectivity index (χ0v) is 14.6. The van der Waals surface area contributed by atoms with E-state index in [1.165, 1.54) is 24.3 Å². The molecule has 1 aromatic rings. The minimum atomic E-state index is -0.679. The minimum Gasteiger partial charge on any atom is -0.410 e. The van der Waals surface area contributed by atoms with E-state index in [1.54, 1.807) is 0 Å². The van der Waals surface area contributed by atoms with E-state index in [-0.39, 0.29) is 24.6 Å². The molecule has 1 amide bonds. The van der Waals surface area contributed by atoms with Gasteiger partial charge in [-0.1, -0.05) is 5.11 Å². The average Bonchev–Trinajstić information content (AvgIpc) is 2.66. The maximum absolute atomic E-state index is 11.5. The summed E-state index contributed by atoms with van der Waals surface area (Å²) in [5.41, 5.74) is 7.98. The third-order valence-electron chi connectivity index (χ3n) is 2.92. The van der Waals surface area contributed by atoms with Gasteiger partial charge in [-0.3, -0.25) is 10.1 Å². The average molecular weight is 383 g/mol. The zero-order chi connectivity index (χ0) is 19.7. The van der Waals surface area contributed by atoms with Gasteiger partial charge in [-0.25, -0.2) is 4.79 Å². The molecular formula is C15H21N5O7. The fourth-order valence-electron chi connectivity index (χ4n) is 1.70. The number of carbonyl (C=O) groups is 1. The molecule has 0 bridgehead atoms. The first-order valence-electron chi connectivity index (χ1n) is 8.07. The molecular weight excluding hydrogens is 362 g/mol. The summed E-state index contributed by atoms with van der Waals surface area (Å²) in [4.78, 5) is 24.1. The SMILES string of the molecule is [N-]=[N+]=NCCOCCOCCOCCNC(=O)Oc1ccc([N+](=O)[O-])cc1. The van der Waals surface area contributed by atoms with Crippen LogP contribution in [0.25, 0.3) is 10.4 Å². The summed E-state index contributed by atoms with van der Waals surface area (Å²) in [5, 5.41) is 16.3. The van der Waals surface area contributed by atoms with Gasteiger partial charge in [-0.05, 0) is 17.7 Å². The highest BCUT2D eigenvalue weighted by molar-refractivity contribution is 5.70. The van der Waals surface area contributed by atoms with Crippen LogP contribution in [0.5, 0.6) is 5.75 Å². The lowest BCUT2D eigenvalue weighted by molar-refractivity contribution is -0.384. The Morgan fingerprint density at radius 2 is 1.67 bits per heavy atom. The standard InChI is InChI=1S/C15H21N5O7/c16-19-18-6-8-25-10-12-26-11-9-24-7-5-17-15(21)27-14-3-1-13(2-4-14)20(22)23/h1-4H,5-12H2,(H,17,21). The van der Waals surface area contributed by atoms with Crippen molar-refractivity contribution in [2.24, 2.45) is 5.11 Å². The summed E-state index contributed by atoms with van der Waals surface area (Å²) in [5.74, 6) is 0.203. The Morgan fingerprint density at radius 3 is 2.26 bits per heavy atom. The smallest absolute Gasteiger partial charge is 0.410 e. The van der Waals surface area contributed by atoms with E-state index in [0.717, 1.165) is 0 Å². The van der Waals surface area contributed by atoms with E-state index in [1.807, 2.05) is 0 Å². The predicted octanol–water partition coefficient (Wildman–Crippen LogP) is 2.04. The third-order valence-corrected chi connectivity index (χ3v) is 2.92. The van der Waals surface area contributed by atoms with Crippen LogP contribution >= 0.6 is 0 Å². The molecule has 12 heteroatoms. The van der Waals surface area contributed by atoms with Crippen LogP contribution in [-0.2, 0) is 14.2 Å². The molecule has 148 valence electrons. The fraction of sp³-hybridized carbons (Fsp3) is 0.533. The Bertz CT molecular complexity index is 619. The number of nitrogens with one attached hydrogen (secondary N) is 1. The summed E-state index contributed by atoms with van der Waals surface area (Å²) >= 11 is 0. The van der Waals surface area contributed by atoms with Crippen LogP contribution in [0.1, 0.15) is 0 Å². The lowest BCUT2D eigenvalue weighted by Crippen LogP contribution is -2.30. The van der Waals surface area contributed by atoms with Gasteiger partial charge >= 0.3 is 6.09 Å². The number of azide groups is 1. The van der Waals surface area contributed by atoms with Gasteiger partial charge in [0.1, 0.15) is 5.75 Å². The second-order valence-electron chi connectivity index (χ2n) is 4.86. The van der Waals surface area contributed by atoms with Crippen molar-refractivity contribution in [1.82, 2.24) is 5.32 Å². The van der Waals surface area contributed by atoms with Gasteiger partial charge in [0, 0.05) is 30.1 Å². The number of nitrogens with zero attached hydrogens (tertiary/aromatic N) is 4. The van der Waals surface area contributed by atoms with Gasteiger partial charge in [0.15, 0.2) is 0 Å². The number of non-ortho nitro benzene ring substituents is 1. The van der Waals surface area contributed by atoms with Crippen molar-refractivity contribution in [3.05, 3.63) is 44.8 Å². The van der Waals surface area contributed by atoms with Crippen LogP contribution in [0.2, 0.25) is 0 Å². The van der Waals surface area contributed by atoms with E-state index in [9.17, 15) is 14.9 Å². The summed E-state index contributed by atoms with van der Waals surface area (Å²) in [7, 11) is 0. The topological polar surface area (TPSA) is 158 Å².